The van der Waals surface area contributed by atoms with Gasteiger partial charge in [-0.1, -0.05) is 38.1 Å². The van der Waals surface area contributed by atoms with E-state index < -0.39 is 0 Å². The van der Waals surface area contributed by atoms with Gasteiger partial charge in [-0.2, -0.15) is 5.10 Å². The zero-order valence-corrected chi connectivity index (χ0v) is 21.3. The highest BCUT2D eigenvalue weighted by atomic mass is 127. The first-order chi connectivity index (χ1) is 14.7. The molecule has 172 valence electrons. The van der Waals surface area contributed by atoms with E-state index in [4.69, 9.17) is 4.74 Å². The van der Waals surface area contributed by atoms with Crippen LogP contribution in [0.2, 0.25) is 0 Å². The van der Waals surface area contributed by atoms with Gasteiger partial charge in [0.15, 0.2) is 5.96 Å². The Morgan fingerprint density at radius 2 is 1.87 bits per heavy atom. The highest BCUT2D eigenvalue weighted by Gasteiger charge is 2.22. The van der Waals surface area contributed by atoms with Gasteiger partial charge >= 0.3 is 0 Å². The van der Waals surface area contributed by atoms with Crippen LogP contribution in [0.5, 0.6) is 0 Å². The number of guanidine groups is 1. The van der Waals surface area contributed by atoms with Crippen molar-refractivity contribution in [1.82, 2.24) is 25.3 Å². The van der Waals surface area contributed by atoms with Crippen LogP contribution in [0.25, 0.3) is 0 Å². The van der Waals surface area contributed by atoms with Gasteiger partial charge in [0, 0.05) is 51.7 Å². The van der Waals surface area contributed by atoms with Crippen molar-refractivity contribution in [3.8, 4) is 0 Å². The lowest BCUT2D eigenvalue weighted by Crippen LogP contribution is -2.51. The highest BCUT2D eigenvalue weighted by Crippen LogP contribution is 2.13. The predicted octanol–water partition coefficient (Wildman–Crippen LogP) is 2.96. The SMILES string of the molecule is CN=C(NCc1ccccc1Cn1cccn1)NCC(CC(C)C)N1CCOCC1.I. The van der Waals surface area contributed by atoms with Crippen LogP contribution in [-0.4, -0.2) is 66.6 Å². The predicted molar refractivity (Wildman–Crippen MR) is 137 cm³/mol. The van der Waals surface area contributed by atoms with Crippen LogP contribution in [0.1, 0.15) is 31.4 Å². The number of benzene rings is 1. The molecule has 0 amide bonds. The van der Waals surface area contributed by atoms with Crippen LogP contribution in [-0.2, 0) is 17.8 Å². The Morgan fingerprint density at radius 1 is 1.13 bits per heavy atom. The number of morpholine rings is 1. The number of ether oxygens (including phenoxy) is 1. The topological polar surface area (TPSA) is 66.7 Å². The maximum absolute atomic E-state index is 5.53. The van der Waals surface area contributed by atoms with E-state index >= 15 is 0 Å². The van der Waals surface area contributed by atoms with Crippen LogP contribution in [0.4, 0.5) is 0 Å². The highest BCUT2D eigenvalue weighted by molar-refractivity contribution is 14.0. The summed E-state index contributed by atoms with van der Waals surface area (Å²) in [5.41, 5.74) is 2.51. The molecule has 1 aliphatic heterocycles. The lowest BCUT2D eigenvalue weighted by molar-refractivity contribution is 0.0132. The summed E-state index contributed by atoms with van der Waals surface area (Å²) in [6.45, 7) is 10.6. The number of aromatic nitrogens is 2. The Bertz CT molecular complexity index is 774. The molecule has 0 bridgehead atoms. The van der Waals surface area contributed by atoms with Crippen molar-refractivity contribution in [3.05, 3.63) is 53.9 Å². The third-order valence-electron chi connectivity index (χ3n) is 5.49. The smallest absolute Gasteiger partial charge is 0.191 e. The van der Waals surface area contributed by atoms with Gasteiger partial charge in [0.05, 0.1) is 19.8 Å². The molecule has 1 aromatic heterocycles. The molecule has 1 aliphatic rings. The Morgan fingerprint density at radius 3 is 2.52 bits per heavy atom. The van der Waals surface area contributed by atoms with E-state index in [0.717, 1.165) is 58.3 Å². The number of hydrogen-bond donors (Lipinski definition) is 2. The van der Waals surface area contributed by atoms with Gasteiger partial charge in [-0.3, -0.25) is 14.6 Å². The minimum atomic E-state index is 0. The maximum atomic E-state index is 5.53. The summed E-state index contributed by atoms with van der Waals surface area (Å²) >= 11 is 0. The van der Waals surface area contributed by atoms with Gasteiger partial charge in [-0.15, -0.1) is 24.0 Å². The standard InChI is InChI=1S/C23H36N6O.HI/c1-19(2)15-22(28-11-13-30-14-12-28)17-26-23(24-3)25-16-20-7-4-5-8-21(20)18-29-10-6-9-27-29;/h4-10,19,22H,11-18H2,1-3H3,(H2,24,25,26);1H. The second kappa shape index (κ2) is 13.7. The summed E-state index contributed by atoms with van der Waals surface area (Å²) in [5.74, 6) is 1.50. The maximum Gasteiger partial charge on any atom is 0.191 e. The lowest BCUT2D eigenvalue weighted by Gasteiger charge is -2.35. The fourth-order valence-corrected chi connectivity index (χ4v) is 3.92. The molecule has 0 saturated carbocycles. The van der Waals surface area contributed by atoms with Gasteiger partial charge in [0.2, 0.25) is 0 Å². The molecule has 8 heteroatoms. The average Bonchev–Trinajstić information content (AvgIpc) is 3.27. The van der Waals surface area contributed by atoms with Crippen molar-refractivity contribution >= 4 is 29.9 Å². The first kappa shape index (κ1) is 25.6. The molecule has 3 rings (SSSR count). The largest absolute Gasteiger partial charge is 0.379 e. The zero-order chi connectivity index (χ0) is 21.2. The first-order valence-electron chi connectivity index (χ1n) is 11.0. The fourth-order valence-electron chi connectivity index (χ4n) is 3.92. The van der Waals surface area contributed by atoms with Gasteiger partial charge in [-0.05, 0) is 29.5 Å². The summed E-state index contributed by atoms with van der Waals surface area (Å²) in [5, 5.41) is 11.4. The lowest BCUT2D eigenvalue weighted by atomic mass is 10.0. The number of nitrogens with zero attached hydrogens (tertiary/aromatic N) is 4. The summed E-state index contributed by atoms with van der Waals surface area (Å²) in [6, 6.07) is 10.9. The van der Waals surface area contributed by atoms with E-state index in [1.54, 1.807) is 0 Å². The Labute approximate surface area is 203 Å². The quantitative estimate of drug-likeness (QED) is 0.291. The molecular weight excluding hydrogens is 503 g/mol. The second-order valence-electron chi connectivity index (χ2n) is 8.21. The molecule has 2 N–H and O–H groups in total. The van der Waals surface area contributed by atoms with Crippen LogP contribution in [0, 0.1) is 5.92 Å². The van der Waals surface area contributed by atoms with Crippen LogP contribution >= 0.6 is 24.0 Å². The molecule has 0 radical (unpaired) electrons. The van der Waals surface area contributed by atoms with E-state index in [9.17, 15) is 0 Å². The average molecular weight is 540 g/mol. The van der Waals surface area contributed by atoms with Gasteiger partial charge in [0.1, 0.15) is 0 Å². The number of nitrogens with one attached hydrogen (secondary N) is 2. The molecule has 1 aromatic carbocycles. The van der Waals surface area contributed by atoms with E-state index in [0.29, 0.717) is 12.0 Å². The first-order valence-corrected chi connectivity index (χ1v) is 11.0. The molecule has 1 atom stereocenters. The monoisotopic (exact) mass is 540 g/mol. The van der Waals surface area contributed by atoms with E-state index in [2.05, 4.69) is 63.7 Å². The third-order valence-corrected chi connectivity index (χ3v) is 5.49. The number of halogens is 1. The zero-order valence-electron chi connectivity index (χ0n) is 19.0. The van der Waals surface area contributed by atoms with Crippen molar-refractivity contribution in [2.24, 2.45) is 10.9 Å². The third kappa shape index (κ3) is 8.42. The molecule has 31 heavy (non-hydrogen) atoms. The Balaban J connectivity index is 0.00000341. The van der Waals surface area contributed by atoms with Gasteiger partial charge < -0.3 is 15.4 Å². The Kier molecular flexibility index (Phi) is 11.3. The summed E-state index contributed by atoms with van der Waals surface area (Å²) in [7, 11) is 1.83. The van der Waals surface area contributed by atoms with E-state index in [-0.39, 0.29) is 24.0 Å². The molecule has 2 heterocycles. The number of aliphatic imine (C=N–C) groups is 1. The van der Waals surface area contributed by atoms with E-state index in [1.165, 1.54) is 11.1 Å². The minimum absolute atomic E-state index is 0. The van der Waals surface area contributed by atoms with Crippen molar-refractivity contribution in [2.45, 2.75) is 39.4 Å². The van der Waals surface area contributed by atoms with Crippen molar-refractivity contribution in [3.63, 3.8) is 0 Å². The van der Waals surface area contributed by atoms with Gasteiger partial charge in [-0.25, -0.2) is 0 Å². The molecule has 2 aromatic rings. The molecule has 0 spiro atoms. The van der Waals surface area contributed by atoms with Crippen molar-refractivity contribution in [1.29, 1.82) is 0 Å². The van der Waals surface area contributed by atoms with Crippen molar-refractivity contribution in [2.75, 3.05) is 39.9 Å². The molecule has 0 aliphatic carbocycles. The summed E-state index contributed by atoms with van der Waals surface area (Å²) in [6.07, 6.45) is 4.97. The fraction of sp³-hybridized carbons (Fsp3) is 0.565. The van der Waals surface area contributed by atoms with Crippen LogP contribution in [0.15, 0.2) is 47.7 Å². The second-order valence-corrected chi connectivity index (χ2v) is 8.21. The number of hydrogen-bond acceptors (Lipinski definition) is 4. The molecule has 1 unspecified atom stereocenters. The van der Waals surface area contributed by atoms with Crippen molar-refractivity contribution < 1.29 is 4.74 Å². The van der Waals surface area contributed by atoms with Crippen LogP contribution < -0.4 is 10.6 Å². The Hall–Kier alpha value is -1.65. The normalized spacial score (nSPS) is 16.1. The molecule has 7 nitrogen and oxygen atoms in total. The van der Waals surface area contributed by atoms with Crippen LogP contribution in [0.3, 0.4) is 0 Å². The molecule has 1 saturated heterocycles. The molecule has 1 fully saturated rings. The van der Waals surface area contributed by atoms with E-state index in [1.807, 2.05) is 30.2 Å². The number of rotatable bonds is 9. The minimum Gasteiger partial charge on any atom is -0.379 e. The molecular formula is C23H37IN6O. The summed E-state index contributed by atoms with van der Waals surface area (Å²) < 4.78 is 7.48. The van der Waals surface area contributed by atoms with Gasteiger partial charge in [0.25, 0.3) is 0 Å². The summed E-state index contributed by atoms with van der Waals surface area (Å²) in [4.78, 5) is 6.98.